The Morgan fingerprint density at radius 1 is 1.30 bits per heavy atom. The standard InChI is InChI=1S/C17H17Cl2NO2S/c1-22-17(21)15-12-4-2-3-5-14(12)23-16(15)20-9-10-6-7-11(18)8-13(10)19/h6-8,20H,2-5,9H2,1H3. The number of benzene rings is 1. The highest BCUT2D eigenvalue weighted by Gasteiger charge is 2.25. The van der Waals surface area contributed by atoms with Crippen molar-refractivity contribution in [1.29, 1.82) is 0 Å². The number of carbonyl (C=O) groups excluding carboxylic acids is 1. The van der Waals surface area contributed by atoms with Gasteiger partial charge in [0.05, 0.1) is 12.7 Å². The van der Waals surface area contributed by atoms with Gasteiger partial charge in [-0.05, 0) is 48.9 Å². The molecule has 1 aromatic carbocycles. The van der Waals surface area contributed by atoms with Gasteiger partial charge in [-0.2, -0.15) is 0 Å². The fourth-order valence-electron chi connectivity index (χ4n) is 2.85. The number of aryl methyl sites for hydroxylation is 1. The van der Waals surface area contributed by atoms with Gasteiger partial charge in [-0.1, -0.05) is 29.3 Å². The van der Waals surface area contributed by atoms with Gasteiger partial charge in [0.15, 0.2) is 0 Å². The molecule has 0 radical (unpaired) electrons. The smallest absolute Gasteiger partial charge is 0.341 e. The van der Waals surface area contributed by atoms with E-state index in [1.807, 2.05) is 12.1 Å². The summed E-state index contributed by atoms with van der Waals surface area (Å²) < 4.78 is 4.98. The van der Waals surface area contributed by atoms with Gasteiger partial charge < -0.3 is 10.1 Å². The van der Waals surface area contributed by atoms with Crippen molar-refractivity contribution in [3.8, 4) is 0 Å². The van der Waals surface area contributed by atoms with E-state index in [1.54, 1.807) is 17.4 Å². The molecule has 0 unspecified atom stereocenters. The van der Waals surface area contributed by atoms with E-state index in [0.717, 1.165) is 35.4 Å². The molecule has 0 fully saturated rings. The number of anilines is 1. The van der Waals surface area contributed by atoms with Gasteiger partial charge in [0, 0.05) is 21.5 Å². The van der Waals surface area contributed by atoms with Crippen LogP contribution in [0.3, 0.4) is 0 Å². The van der Waals surface area contributed by atoms with Crippen LogP contribution in [-0.2, 0) is 24.1 Å². The number of thiophene rings is 1. The van der Waals surface area contributed by atoms with Crippen LogP contribution in [0.25, 0.3) is 0 Å². The number of carbonyl (C=O) groups is 1. The number of halogens is 2. The Kier molecular flexibility index (Phi) is 5.14. The van der Waals surface area contributed by atoms with E-state index in [-0.39, 0.29) is 5.97 Å². The molecule has 1 aliphatic carbocycles. The van der Waals surface area contributed by atoms with E-state index in [9.17, 15) is 4.79 Å². The highest BCUT2D eigenvalue weighted by atomic mass is 35.5. The Morgan fingerprint density at radius 2 is 2.09 bits per heavy atom. The fraction of sp³-hybridized carbons (Fsp3) is 0.353. The number of fused-ring (bicyclic) bond motifs is 1. The normalized spacial score (nSPS) is 13.5. The summed E-state index contributed by atoms with van der Waals surface area (Å²) in [6.45, 7) is 0.541. The van der Waals surface area contributed by atoms with Crippen molar-refractivity contribution in [2.75, 3.05) is 12.4 Å². The molecule has 0 atom stereocenters. The van der Waals surface area contributed by atoms with E-state index < -0.39 is 0 Å². The number of esters is 1. The predicted molar refractivity (Wildman–Crippen MR) is 96.1 cm³/mol. The topological polar surface area (TPSA) is 38.3 Å². The minimum atomic E-state index is -0.269. The van der Waals surface area contributed by atoms with E-state index >= 15 is 0 Å². The molecule has 0 spiro atoms. The number of nitrogens with one attached hydrogen (secondary N) is 1. The lowest BCUT2D eigenvalue weighted by Gasteiger charge is -2.12. The summed E-state index contributed by atoms with van der Waals surface area (Å²) in [5, 5.41) is 5.45. The average Bonchev–Trinajstić information content (AvgIpc) is 2.91. The highest BCUT2D eigenvalue weighted by Crippen LogP contribution is 2.39. The van der Waals surface area contributed by atoms with Gasteiger partial charge in [0.1, 0.15) is 5.00 Å². The molecule has 1 aliphatic rings. The van der Waals surface area contributed by atoms with Crippen molar-refractivity contribution in [2.24, 2.45) is 0 Å². The van der Waals surface area contributed by atoms with Crippen LogP contribution in [0.1, 0.15) is 39.2 Å². The molecular weight excluding hydrogens is 353 g/mol. The van der Waals surface area contributed by atoms with Gasteiger partial charge in [-0.3, -0.25) is 0 Å². The summed E-state index contributed by atoms with van der Waals surface area (Å²) in [6, 6.07) is 5.43. The van der Waals surface area contributed by atoms with Gasteiger partial charge in [-0.25, -0.2) is 4.79 Å². The lowest BCUT2D eigenvalue weighted by molar-refractivity contribution is 0.0601. The third kappa shape index (κ3) is 3.49. The number of rotatable bonds is 4. The summed E-state index contributed by atoms with van der Waals surface area (Å²) in [4.78, 5) is 13.5. The van der Waals surface area contributed by atoms with Crippen molar-refractivity contribution in [3.63, 3.8) is 0 Å². The van der Waals surface area contributed by atoms with E-state index in [1.165, 1.54) is 18.4 Å². The van der Waals surface area contributed by atoms with Crippen molar-refractivity contribution >= 4 is 45.5 Å². The second-order valence-corrected chi connectivity index (χ2v) is 7.44. The van der Waals surface area contributed by atoms with Crippen LogP contribution in [0.5, 0.6) is 0 Å². The maximum Gasteiger partial charge on any atom is 0.341 e. The second-order valence-electron chi connectivity index (χ2n) is 5.50. The summed E-state index contributed by atoms with van der Waals surface area (Å²) >= 11 is 13.8. The molecule has 2 aromatic rings. The van der Waals surface area contributed by atoms with E-state index in [2.05, 4.69) is 5.32 Å². The molecule has 23 heavy (non-hydrogen) atoms. The maximum absolute atomic E-state index is 12.2. The Hall–Kier alpha value is -1.23. The lowest BCUT2D eigenvalue weighted by atomic mass is 9.95. The second kappa shape index (κ2) is 7.12. The van der Waals surface area contributed by atoms with Crippen molar-refractivity contribution < 1.29 is 9.53 Å². The Morgan fingerprint density at radius 3 is 2.83 bits per heavy atom. The summed E-state index contributed by atoms with van der Waals surface area (Å²) in [7, 11) is 1.43. The number of hydrogen-bond donors (Lipinski definition) is 1. The molecule has 3 rings (SSSR count). The third-order valence-corrected chi connectivity index (χ3v) is 5.85. The average molecular weight is 370 g/mol. The molecule has 3 nitrogen and oxygen atoms in total. The molecule has 122 valence electrons. The van der Waals surface area contributed by atoms with Crippen LogP contribution in [0.4, 0.5) is 5.00 Å². The van der Waals surface area contributed by atoms with Crippen LogP contribution in [0.15, 0.2) is 18.2 Å². The lowest BCUT2D eigenvalue weighted by Crippen LogP contribution is -2.10. The number of methoxy groups -OCH3 is 1. The largest absolute Gasteiger partial charge is 0.465 e. The molecule has 1 aromatic heterocycles. The molecule has 0 saturated carbocycles. The van der Waals surface area contributed by atoms with Crippen LogP contribution in [0.2, 0.25) is 10.0 Å². The van der Waals surface area contributed by atoms with Crippen molar-refractivity contribution in [1.82, 2.24) is 0 Å². The summed E-state index contributed by atoms with van der Waals surface area (Å²) in [5.74, 6) is -0.269. The molecule has 0 amide bonds. The molecule has 1 heterocycles. The SMILES string of the molecule is COC(=O)c1c(NCc2ccc(Cl)cc2Cl)sc2c1CCCC2. The Labute approximate surface area is 149 Å². The van der Waals surface area contributed by atoms with Gasteiger partial charge in [-0.15, -0.1) is 11.3 Å². The third-order valence-electron chi connectivity index (χ3n) is 4.02. The zero-order valence-corrected chi connectivity index (χ0v) is 15.1. The molecule has 0 aliphatic heterocycles. The quantitative estimate of drug-likeness (QED) is 0.739. The van der Waals surface area contributed by atoms with Gasteiger partial charge in [0.25, 0.3) is 0 Å². The molecule has 6 heteroatoms. The van der Waals surface area contributed by atoms with Crippen LogP contribution < -0.4 is 5.32 Å². The molecule has 0 saturated heterocycles. The monoisotopic (exact) mass is 369 g/mol. The summed E-state index contributed by atoms with van der Waals surface area (Å²) in [5.41, 5.74) is 2.79. The summed E-state index contributed by atoms with van der Waals surface area (Å²) in [6.07, 6.45) is 4.28. The molecule has 1 N–H and O–H groups in total. The maximum atomic E-state index is 12.2. The minimum Gasteiger partial charge on any atom is -0.465 e. The molecular formula is C17H17Cl2NO2S. The number of ether oxygens (including phenoxy) is 1. The van der Waals surface area contributed by atoms with Crippen LogP contribution >= 0.6 is 34.5 Å². The first-order chi connectivity index (χ1) is 11.1. The first kappa shape index (κ1) is 16.6. The zero-order valence-electron chi connectivity index (χ0n) is 12.7. The van der Waals surface area contributed by atoms with Crippen molar-refractivity contribution in [3.05, 3.63) is 49.8 Å². The Balaban J connectivity index is 1.87. The van der Waals surface area contributed by atoms with Crippen LogP contribution in [-0.4, -0.2) is 13.1 Å². The van der Waals surface area contributed by atoms with Gasteiger partial charge in [0.2, 0.25) is 0 Å². The Bertz CT molecular complexity index is 742. The van der Waals surface area contributed by atoms with Gasteiger partial charge >= 0.3 is 5.97 Å². The zero-order chi connectivity index (χ0) is 16.4. The number of hydrogen-bond acceptors (Lipinski definition) is 4. The van der Waals surface area contributed by atoms with Crippen molar-refractivity contribution in [2.45, 2.75) is 32.2 Å². The van der Waals surface area contributed by atoms with Crippen LogP contribution in [0, 0.1) is 0 Å². The minimum absolute atomic E-state index is 0.269. The van der Waals surface area contributed by atoms with E-state index in [0.29, 0.717) is 22.2 Å². The highest BCUT2D eigenvalue weighted by molar-refractivity contribution is 7.16. The first-order valence-corrected chi connectivity index (χ1v) is 9.08. The van der Waals surface area contributed by atoms with E-state index in [4.69, 9.17) is 27.9 Å². The first-order valence-electron chi connectivity index (χ1n) is 7.50. The predicted octanol–water partition coefficient (Wildman–Crippen LogP) is 5.33. The molecule has 0 bridgehead atoms. The fourth-order valence-corrected chi connectivity index (χ4v) is 4.60.